The molecule has 0 heterocycles. The van der Waals surface area contributed by atoms with Crippen molar-refractivity contribution in [3.05, 3.63) is 40.9 Å². The van der Waals surface area contributed by atoms with Crippen LogP contribution in [0.2, 0.25) is 0 Å². The number of alkyl halides is 3. The Bertz CT molecular complexity index is 412. The molecule has 1 aromatic rings. The largest absolute Gasteiger partial charge is 0.427 e. The molecule has 0 fully saturated rings. The highest BCUT2D eigenvalue weighted by Gasteiger charge is 2.35. The normalized spacial score (nSPS) is 14.0. The smallest absolute Gasteiger partial charge is 0.411 e. The Hall–Kier alpha value is -1.49. The topological polar surface area (TPSA) is 32.6 Å². The van der Waals surface area contributed by atoms with Gasteiger partial charge in [0.05, 0.1) is 6.21 Å². The highest BCUT2D eigenvalue weighted by Crippen LogP contribution is 2.34. The van der Waals surface area contributed by atoms with E-state index in [0.717, 1.165) is 0 Å². The maximum atomic E-state index is 12.4. The van der Waals surface area contributed by atoms with Gasteiger partial charge in [-0.15, -0.1) is 0 Å². The van der Waals surface area contributed by atoms with Crippen molar-refractivity contribution >= 4 is 23.4 Å². The van der Waals surface area contributed by atoms with Gasteiger partial charge < -0.3 is 5.21 Å². The number of allylic oxidation sites excluding steroid dienone is 2. The summed E-state index contributed by atoms with van der Waals surface area (Å²) in [5, 5.41) is 9.58. The second kappa shape index (κ2) is 5.03. The SMILES string of the molecule is ON=C/C(=C(\Cl)C(F)(F)F)c1ccccc1. The molecule has 0 amide bonds. The van der Waals surface area contributed by atoms with Crippen LogP contribution in [0.1, 0.15) is 5.56 Å². The van der Waals surface area contributed by atoms with E-state index in [1.54, 1.807) is 18.2 Å². The number of halogens is 4. The lowest BCUT2D eigenvalue weighted by Crippen LogP contribution is -2.10. The molecule has 0 radical (unpaired) electrons. The Kier molecular flexibility index (Phi) is 3.95. The van der Waals surface area contributed by atoms with Crippen LogP contribution in [0, 0.1) is 0 Å². The van der Waals surface area contributed by atoms with Gasteiger partial charge in [-0.05, 0) is 5.56 Å². The van der Waals surface area contributed by atoms with Crippen LogP contribution < -0.4 is 0 Å². The lowest BCUT2D eigenvalue weighted by atomic mass is 10.1. The molecule has 2 nitrogen and oxygen atoms in total. The van der Waals surface area contributed by atoms with E-state index in [1.165, 1.54) is 12.1 Å². The summed E-state index contributed by atoms with van der Waals surface area (Å²) < 4.78 is 37.1. The molecule has 16 heavy (non-hydrogen) atoms. The summed E-state index contributed by atoms with van der Waals surface area (Å²) in [7, 11) is 0. The highest BCUT2D eigenvalue weighted by molar-refractivity contribution is 6.37. The van der Waals surface area contributed by atoms with Crippen molar-refractivity contribution in [2.45, 2.75) is 6.18 Å². The van der Waals surface area contributed by atoms with E-state index < -0.39 is 11.2 Å². The molecule has 0 saturated heterocycles. The van der Waals surface area contributed by atoms with Gasteiger partial charge >= 0.3 is 6.18 Å². The van der Waals surface area contributed by atoms with Crippen molar-refractivity contribution in [2.24, 2.45) is 5.16 Å². The molecular weight excluding hydrogens is 243 g/mol. The van der Waals surface area contributed by atoms with Crippen LogP contribution in [0.4, 0.5) is 13.2 Å². The van der Waals surface area contributed by atoms with Gasteiger partial charge in [-0.2, -0.15) is 13.2 Å². The summed E-state index contributed by atoms with van der Waals surface area (Å²) in [5.41, 5.74) is -0.153. The predicted molar refractivity (Wildman–Crippen MR) is 55.5 cm³/mol. The van der Waals surface area contributed by atoms with E-state index in [0.29, 0.717) is 6.21 Å². The summed E-state index contributed by atoms with van der Waals surface area (Å²) in [6.07, 6.45) is -4.01. The van der Waals surface area contributed by atoms with Crippen molar-refractivity contribution in [3.63, 3.8) is 0 Å². The first-order chi connectivity index (χ1) is 7.46. The monoisotopic (exact) mass is 249 g/mol. The summed E-state index contributed by atoms with van der Waals surface area (Å²) in [4.78, 5) is 0. The molecule has 0 aliphatic heterocycles. The fourth-order valence-electron chi connectivity index (χ4n) is 1.09. The van der Waals surface area contributed by atoms with Crippen LogP contribution >= 0.6 is 11.6 Å². The summed E-state index contributed by atoms with van der Waals surface area (Å²) in [6.45, 7) is 0. The van der Waals surface area contributed by atoms with Gasteiger partial charge in [0.15, 0.2) is 0 Å². The molecule has 0 aromatic heterocycles. The average Bonchev–Trinajstić information content (AvgIpc) is 2.25. The van der Waals surface area contributed by atoms with Gasteiger partial charge in [-0.25, -0.2) is 0 Å². The number of rotatable bonds is 2. The maximum Gasteiger partial charge on any atom is 0.427 e. The predicted octanol–water partition coefficient (Wildman–Crippen LogP) is 3.66. The first-order valence-electron chi connectivity index (χ1n) is 4.16. The lowest BCUT2D eigenvalue weighted by Gasteiger charge is -2.09. The van der Waals surface area contributed by atoms with E-state index in [9.17, 15) is 13.2 Å². The van der Waals surface area contributed by atoms with E-state index in [1.807, 2.05) is 0 Å². The molecule has 0 spiro atoms. The lowest BCUT2D eigenvalue weighted by molar-refractivity contribution is -0.0838. The molecule has 0 aliphatic carbocycles. The van der Waals surface area contributed by atoms with Gasteiger partial charge in [0.25, 0.3) is 0 Å². The first kappa shape index (κ1) is 12.6. The number of hydrogen-bond donors (Lipinski definition) is 1. The number of nitrogens with zero attached hydrogens (tertiary/aromatic N) is 1. The zero-order chi connectivity index (χ0) is 12.2. The van der Waals surface area contributed by atoms with Gasteiger partial charge in [0.1, 0.15) is 5.03 Å². The Morgan fingerprint density at radius 1 is 1.25 bits per heavy atom. The van der Waals surface area contributed by atoms with Crippen LogP contribution in [0.25, 0.3) is 5.57 Å². The summed E-state index contributed by atoms with van der Waals surface area (Å²) >= 11 is 5.19. The van der Waals surface area contributed by atoms with Crippen LogP contribution in [0.15, 0.2) is 40.5 Å². The number of oxime groups is 1. The third kappa shape index (κ3) is 3.00. The minimum absolute atomic E-state index is 0.225. The van der Waals surface area contributed by atoms with Gasteiger partial charge in [0.2, 0.25) is 0 Å². The van der Waals surface area contributed by atoms with Gasteiger partial charge in [0, 0.05) is 5.57 Å². The Morgan fingerprint density at radius 3 is 2.25 bits per heavy atom. The third-order valence-corrected chi connectivity index (χ3v) is 2.17. The maximum absolute atomic E-state index is 12.4. The van der Waals surface area contributed by atoms with E-state index in [2.05, 4.69) is 5.16 Å². The van der Waals surface area contributed by atoms with Crippen LogP contribution in [0.3, 0.4) is 0 Å². The van der Waals surface area contributed by atoms with Crippen molar-refractivity contribution in [1.82, 2.24) is 0 Å². The van der Waals surface area contributed by atoms with Crippen LogP contribution in [-0.4, -0.2) is 17.6 Å². The van der Waals surface area contributed by atoms with E-state index >= 15 is 0 Å². The van der Waals surface area contributed by atoms with Gasteiger partial charge in [-0.1, -0.05) is 47.1 Å². The minimum atomic E-state index is -4.67. The van der Waals surface area contributed by atoms with Crippen molar-refractivity contribution in [1.29, 1.82) is 0 Å². The van der Waals surface area contributed by atoms with Crippen molar-refractivity contribution < 1.29 is 18.4 Å². The third-order valence-electron chi connectivity index (χ3n) is 1.76. The van der Waals surface area contributed by atoms with Crippen molar-refractivity contribution in [2.75, 3.05) is 0 Å². The second-order valence-corrected chi connectivity index (χ2v) is 3.21. The summed E-state index contributed by atoms with van der Waals surface area (Å²) in [6, 6.07) is 7.64. The Labute approximate surface area is 94.6 Å². The molecule has 1 rings (SSSR count). The minimum Gasteiger partial charge on any atom is -0.411 e. The molecule has 0 aliphatic rings. The fourth-order valence-corrected chi connectivity index (χ4v) is 1.24. The zero-order valence-corrected chi connectivity index (χ0v) is 8.63. The quantitative estimate of drug-likeness (QED) is 0.484. The molecule has 0 bridgehead atoms. The molecule has 86 valence electrons. The second-order valence-electron chi connectivity index (χ2n) is 2.84. The molecule has 1 N–H and O–H groups in total. The number of hydrogen-bond acceptors (Lipinski definition) is 2. The molecular formula is C10H7ClF3NO. The first-order valence-corrected chi connectivity index (χ1v) is 4.54. The Morgan fingerprint density at radius 2 is 1.81 bits per heavy atom. The number of benzene rings is 1. The Balaban J connectivity index is 3.31. The fraction of sp³-hybridized carbons (Fsp3) is 0.100. The molecule has 0 unspecified atom stereocenters. The average molecular weight is 250 g/mol. The molecule has 6 heteroatoms. The highest BCUT2D eigenvalue weighted by atomic mass is 35.5. The summed E-state index contributed by atoms with van der Waals surface area (Å²) in [5.74, 6) is 0. The standard InChI is InChI=1S/C10H7ClF3NO/c11-9(10(12,13)14)8(6-15-16)7-4-2-1-3-5-7/h1-6,16H/b9-8+,15-6?. The van der Waals surface area contributed by atoms with Gasteiger partial charge in [-0.3, -0.25) is 0 Å². The van der Waals surface area contributed by atoms with Crippen molar-refractivity contribution in [3.8, 4) is 0 Å². The van der Waals surface area contributed by atoms with E-state index in [4.69, 9.17) is 16.8 Å². The zero-order valence-electron chi connectivity index (χ0n) is 7.87. The molecule has 1 aromatic carbocycles. The van der Waals surface area contributed by atoms with Crippen LogP contribution in [-0.2, 0) is 0 Å². The molecule has 0 saturated carbocycles. The van der Waals surface area contributed by atoms with E-state index in [-0.39, 0.29) is 11.1 Å². The van der Waals surface area contributed by atoms with Crippen LogP contribution in [0.5, 0.6) is 0 Å². The molecule has 0 atom stereocenters.